The molecule has 2 aromatic rings. The molecular formula is C19H23N. The quantitative estimate of drug-likeness (QED) is 0.804. The van der Waals surface area contributed by atoms with E-state index in [9.17, 15) is 0 Å². The van der Waals surface area contributed by atoms with E-state index in [4.69, 9.17) is 0 Å². The highest BCUT2D eigenvalue weighted by Gasteiger charge is 2.39. The van der Waals surface area contributed by atoms with Crippen molar-refractivity contribution in [2.24, 2.45) is 5.92 Å². The number of nitrogens with one attached hydrogen (secondary N) is 1. The Morgan fingerprint density at radius 2 is 1.55 bits per heavy atom. The van der Waals surface area contributed by atoms with Crippen LogP contribution in [0.4, 0.5) is 5.69 Å². The zero-order valence-electron chi connectivity index (χ0n) is 12.2. The Kier molecular flexibility index (Phi) is 3.77. The summed E-state index contributed by atoms with van der Waals surface area (Å²) in [5.41, 5.74) is 2.74. The number of rotatable bonds is 3. The van der Waals surface area contributed by atoms with Crippen LogP contribution in [0.1, 0.15) is 38.2 Å². The minimum Gasteiger partial charge on any atom is -0.375 e. The van der Waals surface area contributed by atoms with Gasteiger partial charge in [-0.15, -0.1) is 0 Å². The van der Waals surface area contributed by atoms with Gasteiger partial charge in [-0.2, -0.15) is 0 Å². The van der Waals surface area contributed by atoms with Gasteiger partial charge in [0.15, 0.2) is 0 Å². The molecular weight excluding hydrogens is 242 g/mol. The van der Waals surface area contributed by atoms with E-state index in [-0.39, 0.29) is 5.54 Å². The molecule has 3 rings (SSSR count). The van der Waals surface area contributed by atoms with Crippen molar-refractivity contribution in [3.05, 3.63) is 66.2 Å². The lowest BCUT2D eigenvalue weighted by atomic mass is 9.69. The minimum absolute atomic E-state index is 0.0842. The van der Waals surface area contributed by atoms with E-state index >= 15 is 0 Å². The predicted octanol–water partition coefficient (Wildman–Crippen LogP) is 5.20. The van der Waals surface area contributed by atoms with Gasteiger partial charge in [0.2, 0.25) is 0 Å². The van der Waals surface area contributed by atoms with E-state index in [1.54, 1.807) is 0 Å². The lowest BCUT2D eigenvalue weighted by molar-refractivity contribution is 0.231. The second-order valence-corrected chi connectivity index (χ2v) is 5.98. The van der Waals surface area contributed by atoms with Crippen molar-refractivity contribution in [3.63, 3.8) is 0 Å². The summed E-state index contributed by atoms with van der Waals surface area (Å²) >= 11 is 0. The van der Waals surface area contributed by atoms with Crippen molar-refractivity contribution in [2.75, 3.05) is 5.32 Å². The molecule has 2 aromatic carbocycles. The molecule has 1 heteroatoms. The smallest absolute Gasteiger partial charge is 0.0650 e. The molecule has 1 N–H and O–H groups in total. The normalized spacial score (nSPS) is 26.1. The summed E-state index contributed by atoms with van der Waals surface area (Å²) in [6.07, 6.45) is 5.17. The SMILES string of the molecule is C[C@@H]1CCCC[C@@]1(Nc1ccccc1)c1ccccc1. The maximum absolute atomic E-state index is 3.86. The first-order valence-corrected chi connectivity index (χ1v) is 7.70. The highest BCUT2D eigenvalue weighted by molar-refractivity contribution is 5.48. The van der Waals surface area contributed by atoms with E-state index in [0.717, 1.165) is 0 Å². The van der Waals surface area contributed by atoms with Crippen LogP contribution in [-0.4, -0.2) is 0 Å². The van der Waals surface area contributed by atoms with Crippen LogP contribution in [0.15, 0.2) is 60.7 Å². The maximum Gasteiger partial charge on any atom is 0.0650 e. The van der Waals surface area contributed by atoms with Crippen molar-refractivity contribution in [1.29, 1.82) is 0 Å². The second-order valence-electron chi connectivity index (χ2n) is 5.98. The van der Waals surface area contributed by atoms with Crippen LogP contribution in [0.5, 0.6) is 0 Å². The van der Waals surface area contributed by atoms with Gasteiger partial charge in [-0.25, -0.2) is 0 Å². The topological polar surface area (TPSA) is 12.0 Å². The van der Waals surface area contributed by atoms with Crippen molar-refractivity contribution in [2.45, 2.75) is 38.1 Å². The number of benzene rings is 2. The zero-order valence-corrected chi connectivity index (χ0v) is 12.2. The number of hydrogen-bond acceptors (Lipinski definition) is 1. The number of anilines is 1. The monoisotopic (exact) mass is 265 g/mol. The van der Waals surface area contributed by atoms with Crippen LogP contribution in [0, 0.1) is 5.92 Å². The average molecular weight is 265 g/mol. The zero-order chi connectivity index (χ0) is 13.8. The van der Waals surface area contributed by atoms with E-state index in [2.05, 4.69) is 72.9 Å². The van der Waals surface area contributed by atoms with Gasteiger partial charge in [0, 0.05) is 5.69 Å². The summed E-state index contributed by atoms with van der Waals surface area (Å²) < 4.78 is 0. The number of hydrogen-bond donors (Lipinski definition) is 1. The van der Waals surface area contributed by atoms with Crippen LogP contribution in [-0.2, 0) is 5.54 Å². The molecule has 0 spiro atoms. The molecule has 1 aliphatic rings. The van der Waals surface area contributed by atoms with Gasteiger partial charge in [-0.05, 0) is 36.5 Å². The molecule has 1 fully saturated rings. The standard InChI is InChI=1S/C19H23N/c1-16-10-8-9-15-19(16,17-11-4-2-5-12-17)20-18-13-6-3-7-14-18/h2-7,11-14,16,20H,8-10,15H2,1H3/t16-,19+/m1/s1. The molecule has 20 heavy (non-hydrogen) atoms. The molecule has 1 nitrogen and oxygen atoms in total. The lowest BCUT2D eigenvalue weighted by Gasteiger charge is -2.44. The lowest BCUT2D eigenvalue weighted by Crippen LogP contribution is -2.43. The summed E-state index contributed by atoms with van der Waals surface area (Å²) in [6.45, 7) is 2.39. The predicted molar refractivity (Wildman–Crippen MR) is 85.8 cm³/mol. The molecule has 0 unspecified atom stereocenters. The summed E-state index contributed by atoms with van der Waals surface area (Å²) in [6, 6.07) is 21.6. The highest BCUT2D eigenvalue weighted by Crippen LogP contribution is 2.43. The first-order valence-electron chi connectivity index (χ1n) is 7.70. The van der Waals surface area contributed by atoms with Gasteiger partial charge in [0.25, 0.3) is 0 Å². The molecule has 2 atom stereocenters. The third kappa shape index (κ3) is 2.45. The Labute approximate surface area is 122 Å². The van der Waals surface area contributed by atoms with Crippen LogP contribution in [0.2, 0.25) is 0 Å². The molecule has 0 bridgehead atoms. The van der Waals surface area contributed by atoms with Gasteiger partial charge in [-0.3, -0.25) is 0 Å². The fraction of sp³-hybridized carbons (Fsp3) is 0.368. The van der Waals surface area contributed by atoms with Gasteiger partial charge >= 0.3 is 0 Å². The van der Waals surface area contributed by atoms with Gasteiger partial charge in [0.1, 0.15) is 0 Å². The first-order chi connectivity index (χ1) is 9.81. The Morgan fingerprint density at radius 1 is 0.900 bits per heavy atom. The summed E-state index contributed by atoms with van der Waals surface area (Å²) in [4.78, 5) is 0. The third-order valence-corrected chi connectivity index (χ3v) is 4.73. The minimum atomic E-state index is 0.0842. The van der Waals surface area contributed by atoms with Crippen LogP contribution in [0.25, 0.3) is 0 Å². The first kappa shape index (κ1) is 13.2. The Hall–Kier alpha value is -1.76. The maximum atomic E-state index is 3.86. The molecule has 0 radical (unpaired) electrons. The van der Waals surface area contributed by atoms with Crippen molar-refractivity contribution >= 4 is 5.69 Å². The Bertz CT molecular complexity index is 534. The van der Waals surface area contributed by atoms with Crippen LogP contribution >= 0.6 is 0 Å². The highest BCUT2D eigenvalue weighted by atomic mass is 15.0. The molecule has 0 aliphatic heterocycles. The molecule has 0 aromatic heterocycles. The fourth-order valence-electron chi connectivity index (χ4n) is 3.55. The van der Waals surface area contributed by atoms with E-state index in [0.29, 0.717) is 5.92 Å². The molecule has 1 saturated carbocycles. The van der Waals surface area contributed by atoms with Crippen LogP contribution < -0.4 is 5.32 Å². The summed E-state index contributed by atoms with van der Waals surface area (Å²) in [7, 11) is 0. The molecule has 0 amide bonds. The van der Waals surface area contributed by atoms with Crippen molar-refractivity contribution in [3.8, 4) is 0 Å². The fourth-order valence-corrected chi connectivity index (χ4v) is 3.55. The Morgan fingerprint density at radius 3 is 2.20 bits per heavy atom. The second kappa shape index (κ2) is 5.70. The van der Waals surface area contributed by atoms with E-state index < -0.39 is 0 Å². The van der Waals surface area contributed by atoms with E-state index in [1.807, 2.05) is 0 Å². The van der Waals surface area contributed by atoms with Crippen LogP contribution in [0.3, 0.4) is 0 Å². The average Bonchev–Trinajstić information content (AvgIpc) is 2.52. The van der Waals surface area contributed by atoms with Crippen molar-refractivity contribution < 1.29 is 0 Å². The molecule has 104 valence electrons. The van der Waals surface area contributed by atoms with Crippen molar-refractivity contribution in [1.82, 2.24) is 0 Å². The summed E-state index contributed by atoms with van der Waals surface area (Å²) in [5.74, 6) is 0.652. The molecule has 1 aliphatic carbocycles. The Balaban J connectivity index is 1.99. The summed E-state index contributed by atoms with van der Waals surface area (Å²) in [5, 5.41) is 3.86. The van der Waals surface area contributed by atoms with Gasteiger partial charge in [-0.1, -0.05) is 68.3 Å². The van der Waals surface area contributed by atoms with Gasteiger partial charge < -0.3 is 5.32 Å². The number of para-hydroxylation sites is 1. The third-order valence-electron chi connectivity index (χ3n) is 4.73. The molecule has 0 saturated heterocycles. The van der Waals surface area contributed by atoms with E-state index in [1.165, 1.54) is 36.9 Å². The largest absolute Gasteiger partial charge is 0.375 e. The molecule has 0 heterocycles. The van der Waals surface area contributed by atoms with Gasteiger partial charge in [0.05, 0.1) is 5.54 Å².